The third-order valence-corrected chi connectivity index (χ3v) is 4.27. The molecule has 1 atom stereocenters. The van der Waals surface area contributed by atoms with Crippen LogP contribution in [0.3, 0.4) is 0 Å². The number of nitrogens with one attached hydrogen (secondary N) is 1. The van der Waals surface area contributed by atoms with Crippen molar-refractivity contribution in [1.29, 1.82) is 0 Å². The maximum Gasteiger partial charge on any atom is 0.0645 e. The van der Waals surface area contributed by atoms with Crippen molar-refractivity contribution in [3.05, 3.63) is 65.2 Å². The first kappa shape index (κ1) is 15.5. The van der Waals surface area contributed by atoms with Crippen molar-refractivity contribution in [2.75, 3.05) is 0 Å². The van der Waals surface area contributed by atoms with E-state index >= 15 is 0 Å². The van der Waals surface area contributed by atoms with E-state index in [2.05, 4.69) is 54.6 Å². The second kappa shape index (κ2) is 6.38. The summed E-state index contributed by atoms with van der Waals surface area (Å²) in [7, 11) is 1.99. The van der Waals surface area contributed by atoms with Crippen molar-refractivity contribution >= 4 is 0 Å². The number of benzene rings is 1. The molecule has 0 amide bonds. The Labute approximate surface area is 136 Å². The first-order valence-electron chi connectivity index (χ1n) is 7.88. The smallest absolute Gasteiger partial charge is 0.0645 e. The molecule has 0 unspecified atom stereocenters. The van der Waals surface area contributed by atoms with Gasteiger partial charge in [-0.05, 0) is 32.9 Å². The lowest BCUT2D eigenvalue weighted by atomic mass is 10.1. The van der Waals surface area contributed by atoms with Crippen LogP contribution in [0.2, 0.25) is 0 Å². The van der Waals surface area contributed by atoms with Gasteiger partial charge in [-0.25, -0.2) is 4.68 Å². The van der Waals surface area contributed by atoms with Gasteiger partial charge < -0.3 is 5.32 Å². The zero-order valence-corrected chi connectivity index (χ0v) is 14.1. The second-order valence-electron chi connectivity index (χ2n) is 5.94. The molecular formula is C18H23N5. The van der Waals surface area contributed by atoms with Crippen LogP contribution in [0.4, 0.5) is 0 Å². The van der Waals surface area contributed by atoms with Crippen LogP contribution in [-0.4, -0.2) is 19.6 Å². The van der Waals surface area contributed by atoms with Crippen LogP contribution in [0.1, 0.15) is 35.5 Å². The fourth-order valence-corrected chi connectivity index (χ4v) is 2.96. The molecule has 2 heterocycles. The molecule has 23 heavy (non-hydrogen) atoms. The lowest BCUT2D eigenvalue weighted by molar-refractivity contribution is 0.568. The lowest BCUT2D eigenvalue weighted by Gasteiger charge is -2.14. The first-order valence-corrected chi connectivity index (χ1v) is 7.88. The Morgan fingerprint density at radius 3 is 2.57 bits per heavy atom. The van der Waals surface area contributed by atoms with Gasteiger partial charge in [-0.1, -0.05) is 18.2 Å². The molecule has 3 rings (SSSR count). The second-order valence-corrected chi connectivity index (χ2v) is 5.94. The zero-order chi connectivity index (χ0) is 16.4. The van der Waals surface area contributed by atoms with Gasteiger partial charge in [-0.2, -0.15) is 10.2 Å². The van der Waals surface area contributed by atoms with E-state index in [4.69, 9.17) is 0 Å². The molecule has 0 spiro atoms. The Morgan fingerprint density at radius 2 is 1.91 bits per heavy atom. The molecular weight excluding hydrogens is 286 g/mol. The number of aryl methyl sites for hydroxylation is 2. The molecule has 3 aromatic rings. The van der Waals surface area contributed by atoms with Crippen LogP contribution in [0.15, 0.2) is 42.7 Å². The Bertz CT molecular complexity index is 785. The largest absolute Gasteiger partial charge is 0.306 e. The summed E-state index contributed by atoms with van der Waals surface area (Å²) in [6, 6.07) is 10.4. The third kappa shape index (κ3) is 3.19. The minimum absolute atomic E-state index is 0.253. The van der Waals surface area contributed by atoms with Gasteiger partial charge in [0.2, 0.25) is 0 Å². The molecule has 0 saturated heterocycles. The van der Waals surface area contributed by atoms with Crippen LogP contribution < -0.4 is 5.32 Å². The maximum atomic E-state index is 4.49. The van der Waals surface area contributed by atoms with Gasteiger partial charge in [0, 0.05) is 42.7 Å². The number of para-hydroxylation sites is 1. The quantitative estimate of drug-likeness (QED) is 0.788. The van der Waals surface area contributed by atoms with Crippen molar-refractivity contribution in [2.24, 2.45) is 7.05 Å². The van der Waals surface area contributed by atoms with Crippen LogP contribution in [0, 0.1) is 13.8 Å². The normalized spacial score (nSPS) is 12.5. The van der Waals surface area contributed by atoms with E-state index in [-0.39, 0.29) is 6.04 Å². The van der Waals surface area contributed by atoms with Crippen molar-refractivity contribution in [2.45, 2.75) is 33.4 Å². The summed E-state index contributed by atoms with van der Waals surface area (Å²) in [5.41, 5.74) is 5.82. The van der Waals surface area contributed by atoms with E-state index in [0.717, 1.165) is 17.9 Å². The fraction of sp³-hybridized carbons (Fsp3) is 0.333. The van der Waals surface area contributed by atoms with Gasteiger partial charge in [0.05, 0.1) is 17.6 Å². The monoisotopic (exact) mass is 309 g/mol. The highest BCUT2D eigenvalue weighted by atomic mass is 15.3. The highest BCUT2D eigenvalue weighted by Gasteiger charge is 2.15. The maximum absolute atomic E-state index is 4.49. The van der Waals surface area contributed by atoms with Crippen LogP contribution in [-0.2, 0) is 13.6 Å². The predicted octanol–water partition coefficient (Wildman–Crippen LogP) is 3.07. The molecule has 5 heteroatoms. The van der Waals surface area contributed by atoms with Crippen molar-refractivity contribution in [3.63, 3.8) is 0 Å². The number of nitrogens with zero attached hydrogens (tertiary/aromatic N) is 4. The summed E-state index contributed by atoms with van der Waals surface area (Å²) < 4.78 is 3.85. The van der Waals surface area contributed by atoms with Crippen LogP contribution in [0.5, 0.6) is 0 Å². The molecule has 0 fully saturated rings. The SMILES string of the molecule is Cc1nn(C)c(C)c1[C@H](C)NCc1cnn(-c2ccccc2)c1. The molecule has 120 valence electrons. The highest BCUT2D eigenvalue weighted by molar-refractivity contribution is 5.31. The Hall–Kier alpha value is -2.40. The molecule has 0 radical (unpaired) electrons. The van der Waals surface area contributed by atoms with Crippen molar-refractivity contribution in [1.82, 2.24) is 24.9 Å². The van der Waals surface area contributed by atoms with Gasteiger partial charge in [0.1, 0.15) is 0 Å². The summed E-state index contributed by atoms with van der Waals surface area (Å²) in [6.45, 7) is 7.13. The van der Waals surface area contributed by atoms with E-state index in [1.165, 1.54) is 16.8 Å². The molecule has 1 N–H and O–H groups in total. The number of hydrogen-bond donors (Lipinski definition) is 1. The first-order chi connectivity index (χ1) is 11.1. The minimum Gasteiger partial charge on any atom is -0.306 e. The molecule has 0 saturated carbocycles. The molecule has 2 aromatic heterocycles. The molecule has 0 aliphatic heterocycles. The summed E-state index contributed by atoms with van der Waals surface area (Å²) in [5.74, 6) is 0. The summed E-state index contributed by atoms with van der Waals surface area (Å²) in [4.78, 5) is 0. The predicted molar refractivity (Wildman–Crippen MR) is 91.5 cm³/mol. The molecule has 0 aliphatic rings. The van der Waals surface area contributed by atoms with Crippen LogP contribution >= 0.6 is 0 Å². The van der Waals surface area contributed by atoms with Gasteiger partial charge in [0.15, 0.2) is 0 Å². The van der Waals surface area contributed by atoms with E-state index in [9.17, 15) is 0 Å². The summed E-state index contributed by atoms with van der Waals surface area (Å²) in [6.07, 6.45) is 3.98. The molecule has 1 aromatic carbocycles. The minimum atomic E-state index is 0.253. The molecule has 0 aliphatic carbocycles. The van der Waals surface area contributed by atoms with Gasteiger partial charge in [0.25, 0.3) is 0 Å². The Balaban J connectivity index is 1.68. The average Bonchev–Trinajstić information content (AvgIpc) is 3.11. The van der Waals surface area contributed by atoms with Crippen LogP contribution in [0.25, 0.3) is 5.69 Å². The molecule has 0 bridgehead atoms. The van der Waals surface area contributed by atoms with E-state index in [1.54, 1.807) is 0 Å². The van der Waals surface area contributed by atoms with Crippen molar-refractivity contribution < 1.29 is 0 Å². The lowest BCUT2D eigenvalue weighted by Crippen LogP contribution is -2.19. The fourth-order valence-electron chi connectivity index (χ4n) is 2.96. The Morgan fingerprint density at radius 1 is 1.17 bits per heavy atom. The third-order valence-electron chi connectivity index (χ3n) is 4.27. The zero-order valence-electron chi connectivity index (χ0n) is 14.1. The number of hydrogen-bond acceptors (Lipinski definition) is 3. The summed E-state index contributed by atoms with van der Waals surface area (Å²) >= 11 is 0. The topological polar surface area (TPSA) is 47.7 Å². The van der Waals surface area contributed by atoms with E-state index in [0.29, 0.717) is 0 Å². The average molecular weight is 309 g/mol. The molecule has 5 nitrogen and oxygen atoms in total. The number of rotatable bonds is 5. The van der Waals surface area contributed by atoms with Gasteiger partial charge in [-0.15, -0.1) is 0 Å². The number of aromatic nitrogens is 4. The standard InChI is InChI=1S/C18H23N5/c1-13(18-14(2)21-22(4)15(18)3)19-10-16-11-20-23(12-16)17-8-6-5-7-9-17/h5-9,11-13,19H,10H2,1-4H3/t13-/m0/s1. The Kier molecular flexibility index (Phi) is 4.30. The van der Waals surface area contributed by atoms with Crippen molar-refractivity contribution in [3.8, 4) is 5.69 Å². The highest BCUT2D eigenvalue weighted by Crippen LogP contribution is 2.21. The summed E-state index contributed by atoms with van der Waals surface area (Å²) in [5, 5.41) is 12.5. The van der Waals surface area contributed by atoms with E-state index in [1.807, 2.05) is 40.8 Å². The van der Waals surface area contributed by atoms with Gasteiger partial charge in [-0.3, -0.25) is 4.68 Å². The van der Waals surface area contributed by atoms with E-state index < -0.39 is 0 Å². The van der Waals surface area contributed by atoms with Gasteiger partial charge >= 0.3 is 0 Å².